The summed E-state index contributed by atoms with van der Waals surface area (Å²) in [5, 5.41) is 2.79. The van der Waals surface area contributed by atoms with Crippen LogP contribution in [0, 0.1) is 0 Å². The Hall–Kier alpha value is -4.71. The monoisotopic (exact) mass is 541 g/mol. The number of ether oxygens (including phenoxy) is 7. The number of rotatable bonds is 12. The predicted molar refractivity (Wildman–Crippen MR) is 140 cm³/mol. The average Bonchev–Trinajstić information content (AvgIpc) is 2.98. The van der Waals surface area contributed by atoms with E-state index in [1.54, 1.807) is 24.3 Å². The van der Waals surface area contributed by atoms with Crippen LogP contribution >= 0.6 is 0 Å². The third-order valence-corrected chi connectivity index (χ3v) is 5.66. The van der Waals surface area contributed by atoms with Crippen molar-refractivity contribution in [3.63, 3.8) is 0 Å². The van der Waals surface area contributed by atoms with Crippen molar-refractivity contribution in [3.05, 3.63) is 65.0 Å². The molecule has 0 aliphatic carbocycles. The van der Waals surface area contributed by atoms with Gasteiger partial charge in [-0.1, -0.05) is 0 Å². The van der Waals surface area contributed by atoms with Gasteiger partial charge in [0.25, 0.3) is 5.91 Å². The standard InChI is InChI=1S/C27H31N3O9/c1-33-19-9-15(10-20(34-2)23(19)37-5)14-30-26(31)16-7-8-29-18(11-16)27(32)39-25(28)17-12-21(35-3)24(38-6)22(13-17)36-4/h7-13,25H,14,28H2,1-6H3,(H,30,31). The number of methoxy groups -OCH3 is 6. The van der Waals surface area contributed by atoms with E-state index >= 15 is 0 Å². The lowest BCUT2D eigenvalue weighted by atomic mass is 10.1. The van der Waals surface area contributed by atoms with Crippen molar-refractivity contribution in [2.75, 3.05) is 42.7 Å². The summed E-state index contributed by atoms with van der Waals surface area (Å²) in [6, 6.07) is 9.37. The normalized spacial score (nSPS) is 11.2. The number of nitrogens with two attached hydrogens (primary N) is 1. The summed E-state index contributed by atoms with van der Waals surface area (Å²) in [7, 11) is 8.90. The molecule has 3 N–H and O–H groups in total. The number of hydrogen-bond donors (Lipinski definition) is 2. The molecule has 0 saturated heterocycles. The minimum Gasteiger partial charge on any atom is -0.493 e. The molecule has 0 spiro atoms. The zero-order chi connectivity index (χ0) is 28.5. The molecule has 3 aromatic rings. The minimum absolute atomic E-state index is 0.0988. The maximum absolute atomic E-state index is 12.8. The Balaban J connectivity index is 1.72. The molecule has 1 atom stereocenters. The van der Waals surface area contributed by atoms with Gasteiger partial charge in [0.15, 0.2) is 29.2 Å². The van der Waals surface area contributed by atoms with Crippen LogP contribution in [0.2, 0.25) is 0 Å². The number of esters is 1. The Morgan fingerprint density at radius 3 is 1.79 bits per heavy atom. The Labute approximate surface area is 225 Å². The quantitative estimate of drug-likeness (QED) is 0.257. The van der Waals surface area contributed by atoms with Gasteiger partial charge in [-0.25, -0.2) is 9.78 Å². The molecule has 3 rings (SSSR count). The number of nitrogens with one attached hydrogen (secondary N) is 1. The van der Waals surface area contributed by atoms with Gasteiger partial charge in [0, 0.05) is 23.9 Å². The molecule has 0 radical (unpaired) electrons. The van der Waals surface area contributed by atoms with Crippen molar-refractivity contribution in [2.24, 2.45) is 5.73 Å². The van der Waals surface area contributed by atoms with E-state index in [0.717, 1.165) is 0 Å². The van der Waals surface area contributed by atoms with Crippen molar-refractivity contribution in [2.45, 2.75) is 12.8 Å². The van der Waals surface area contributed by atoms with E-state index in [2.05, 4.69) is 10.3 Å². The highest BCUT2D eigenvalue weighted by atomic mass is 16.6. The highest BCUT2D eigenvalue weighted by Gasteiger charge is 2.21. The fourth-order valence-electron chi connectivity index (χ4n) is 3.71. The summed E-state index contributed by atoms with van der Waals surface area (Å²) in [6.07, 6.45) is 0.154. The van der Waals surface area contributed by atoms with E-state index in [0.29, 0.717) is 45.6 Å². The molecular formula is C27H31N3O9. The van der Waals surface area contributed by atoms with E-state index in [1.807, 2.05) is 0 Å². The number of amides is 1. The molecule has 1 aromatic heterocycles. The van der Waals surface area contributed by atoms with Crippen LogP contribution in [0.1, 0.15) is 38.2 Å². The smallest absolute Gasteiger partial charge is 0.358 e. The minimum atomic E-state index is -1.18. The van der Waals surface area contributed by atoms with Gasteiger partial charge < -0.3 is 38.5 Å². The summed E-state index contributed by atoms with van der Waals surface area (Å²) in [5.41, 5.74) is 7.33. The molecule has 0 saturated carbocycles. The van der Waals surface area contributed by atoms with E-state index in [-0.39, 0.29) is 17.8 Å². The Morgan fingerprint density at radius 1 is 0.795 bits per heavy atom. The van der Waals surface area contributed by atoms with Crippen LogP contribution in [0.5, 0.6) is 34.5 Å². The first kappa shape index (κ1) is 28.9. The highest BCUT2D eigenvalue weighted by molar-refractivity contribution is 5.97. The summed E-state index contributed by atoms with van der Waals surface area (Å²) in [6.45, 7) is 0.156. The lowest BCUT2D eigenvalue weighted by molar-refractivity contribution is 0.0303. The van der Waals surface area contributed by atoms with E-state index < -0.39 is 18.1 Å². The molecular weight excluding hydrogens is 510 g/mol. The van der Waals surface area contributed by atoms with Crippen LogP contribution in [0.15, 0.2) is 42.6 Å². The molecule has 12 heteroatoms. The number of nitrogens with zero attached hydrogens (tertiary/aromatic N) is 1. The third kappa shape index (κ3) is 6.60. The lowest BCUT2D eigenvalue weighted by Gasteiger charge is -2.18. The second kappa shape index (κ2) is 13.2. The Kier molecular flexibility index (Phi) is 9.76. The van der Waals surface area contributed by atoms with Gasteiger partial charge in [0.1, 0.15) is 5.69 Å². The van der Waals surface area contributed by atoms with Gasteiger partial charge in [-0.2, -0.15) is 0 Å². The topological polar surface area (TPSA) is 150 Å². The summed E-state index contributed by atoms with van der Waals surface area (Å²) in [5.74, 6) is 1.16. The van der Waals surface area contributed by atoms with Crippen molar-refractivity contribution in [1.29, 1.82) is 0 Å². The predicted octanol–water partition coefficient (Wildman–Crippen LogP) is 2.88. The fraction of sp³-hybridized carbons (Fsp3) is 0.296. The van der Waals surface area contributed by atoms with Crippen LogP contribution in [-0.2, 0) is 11.3 Å². The average molecular weight is 542 g/mol. The van der Waals surface area contributed by atoms with Crippen LogP contribution in [0.4, 0.5) is 0 Å². The number of aromatic nitrogens is 1. The molecule has 0 aliphatic rings. The molecule has 0 bridgehead atoms. The molecule has 12 nitrogen and oxygen atoms in total. The van der Waals surface area contributed by atoms with E-state index in [1.165, 1.54) is 61.0 Å². The van der Waals surface area contributed by atoms with Gasteiger partial charge in [0.05, 0.1) is 42.7 Å². The van der Waals surface area contributed by atoms with Crippen LogP contribution in [0.25, 0.3) is 0 Å². The maximum atomic E-state index is 12.8. The second-order valence-corrected chi connectivity index (χ2v) is 7.93. The number of carbonyl (C=O) groups excluding carboxylic acids is 2. The lowest BCUT2D eigenvalue weighted by Crippen LogP contribution is -2.24. The Bertz CT molecular complexity index is 1280. The fourth-order valence-corrected chi connectivity index (χ4v) is 3.71. The zero-order valence-corrected chi connectivity index (χ0v) is 22.5. The third-order valence-electron chi connectivity index (χ3n) is 5.66. The molecule has 2 aromatic carbocycles. The molecule has 1 unspecified atom stereocenters. The van der Waals surface area contributed by atoms with Crippen LogP contribution in [0.3, 0.4) is 0 Å². The number of hydrogen-bond acceptors (Lipinski definition) is 11. The van der Waals surface area contributed by atoms with Gasteiger partial charge in [-0.05, 0) is 42.0 Å². The molecule has 1 amide bonds. The van der Waals surface area contributed by atoms with Crippen molar-refractivity contribution in [1.82, 2.24) is 10.3 Å². The number of benzene rings is 2. The van der Waals surface area contributed by atoms with Crippen LogP contribution < -0.4 is 39.5 Å². The zero-order valence-electron chi connectivity index (χ0n) is 22.5. The molecule has 39 heavy (non-hydrogen) atoms. The first-order valence-corrected chi connectivity index (χ1v) is 11.6. The van der Waals surface area contributed by atoms with Crippen molar-refractivity contribution in [3.8, 4) is 34.5 Å². The summed E-state index contributed by atoms with van der Waals surface area (Å²) in [4.78, 5) is 29.6. The van der Waals surface area contributed by atoms with Gasteiger partial charge >= 0.3 is 5.97 Å². The first-order chi connectivity index (χ1) is 18.8. The molecule has 208 valence electrons. The molecule has 0 aliphatic heterocycles. The maximum Gasteiger partial charge on any atom is 0.358 e. The van der Waals surface area contributed by atoms with Gasteiger partial charge in [-0.15, -0.1) is 0 Å². The largest absolute Gasteiger partial charge is 0.493 e. The highest BCUT2D eigenvalue weighted by Crippen LogP contribution is 2.40. The first-order valence-electron chi connectivity index (χ1n) is 11.6. The van der Waals surface area contributed by atoms with Crippen molar-refractivity contribution < 1.29 is 42.7 Å². The SMILES string of the molecule is COc1cc(CNC(=O)c2ccnc(C(=O)OC(N)c3cc(OC)c(OC)c(OC)c3)c2)cc(OC)c1OC. The summed E-state index contributed by atoms with van der Waals surface area (Å²) >= 11 is 0. The van der Waals surface area contributed by atoms with Gasteiger partial charge in [0.2, 0.25) is 11.5 Å². The van der Waals surface area contributed by atoms with E-state index in [9.17, 15) is 9.59 Å². The second-order valence-electron chi connectivity index (χ2n) is 7.93. The number of pyridine rings is 1. The Morgan fingerprint density at radius 2 is 1.31 bits per heavy atom. The molecule has 1 heterocycles. The number of carbonyl (C=O) groups is 2. The van der Waals surface area contributed by atoms with Gasteiger partial charge in [-0.3, -0.25) is 10.5 Å². The summed E-state index contributed by atoms with van der Waals surface area (Å²) < 4.78 is 37.3. The van der Waals surface area contributed by atoms with Crippen molar-refractivity contribution >= 4 is 11.9 Å². The van der Waals surface area contributed by atoms with Crippen LogP contribution in [-0.4, -0.2) is 59.5 Å². The van der Waals surface area contributed by atoms with E-state index in [4.69, 9.17) is 38.9 Å². The molecule has 0 fully saturated rings.